The minimum absolute atomic E-state index is 0.220. The first-order chi connectivity index (χ1) is 15.6. The summed E-state index contributed by atoms with van der Waals surface area (Å²) in [5.74, 6) is 0. The van der Waals surface area contributed by atoms with Crippen LogP contribution >= 0.6 is 0 Å². The molecule has 0 aromatic heterocycles. The predicted molar refractivity (Wildman–Crippen MR) is 151 cm³/mol. The van der Waals surface area contributed by atoms with Gasteiger partial charge in [-0.2, -0.15) is 0 Å². The van der Waals surface area contributed by atoms with Crippen molar-refractivity contribution in [2.75, 3.05) is 0 Å². The van der Waals surface area contributed by atoms with E-state index in [4.69, 9.17) is 0 Å². The van der Waals surface area contributed by atoms with Crippen LogP contribution in [0.1, 0.15) is 40.4 Å². The summed E-state index contributed by atoms with van der Waals surface area (Å²) < 4.78 is 2.71. The van der Waals surface area contributed by atoms with E-state index in [1.807, 2.05) is 3.28 Å². The molecule has 0 atom stereocenters. The molecule has 1 heterocycles. The Hall–Kier alpha value is -0.546. The van der Waals surface area contributed by atoms with Gasteiger partial charge in [-0.1, -0.05) is 0 Å². The summed E-state index contributed by atoms with van der Waals surface area (Å²) >= 11 is -1.89. The summed E-state index contributed by atoms with van der Waals surface area (Å²) in [6, 6.07) is 18.6. The van der Waals surface area contributed by atoms with Gasteiger partial charge in [0.25, 0.3) is 0 Å². The second kappa shape index (κ2) is 9.15. The summed E-state index contributed by atoms with van der Waals surface area (Å²) in [6.07, 6.45) is 13.2. The Morgan fingerprint density at radius 1 is 0.758 bits per heavy atom. The first-order valence-corrected chi connectivity index (χ1v) is 28.3. The van der Waals surface area contributed by atoms with Crippen molar-refractivity contribution in [3.05, 3.63) is 69.0 Å². The van der Waals surface area contributed by atoms with Gasteiger partial charge in [-0.3, -0.25) is 0 Å². The minimum atomic E-state index is -1.89. The van der Waals surface area contributed by atoms with Crippen molar-refractivity contribution in [3.8, 4) is 11.1 Å². The van der Waals surface area contributed by atoms with E-state index in [2.05, 4.69) is 93.9 Å². The number of allylic oxidation sites excluding steroid dienone is 4. The number of fused-ring (bicyclic) bond motifs is 3. The molecule has 1 aliphatic heterocycles. The maximum atomic E-state index is 2.72. The summed E-state index contributed by atoms with van der Waals surface area (Å²) in [4.78, 5) is 0. The Bertz CT molecular complexity index is 1120. The Kier molecular flexibility index (Phi) is 6.70. The van der Waals surface area contributed by atoms with Crippen LogP contribution in [0.25, 0.3) is 11.1 Å². The standard InChI is InChI=1S/C19H25Si2.C5H10Si.C5H5.Zr/c1-20(2,3)16-7-9-18-14(12-16)11-15-13-17(21(4,5)6)8-10-19(15)18;1-2-4-6-5-3-1;1-2-4-5-3-1;/h7-13H,1-6H3;1-5H2;1-3H,4H2;. The zero-order chi connectivity index (χ0) is 23.4. The fraction of sp³-hybridized carbons (Fsp3) is 0.448. The molecule has 2 aromatic carbocycles. The van der Waals surface area contributed by atoms with Gasteiger partial charge >= 0.3 is 213 Å². The monoisotopic (exact) mass is 562 g/mol. The molecule has 1 fully saturated rings. The van der Waals surface area contributed by atoms with Crippen LogP contribution in [-0.2, 0) is 20.4 Å². The van der Waals surface area contributed by atoms with Gasteiger partial charge in [0, 0.05) is 0 Å². The fourth-order valence-corrected chi connectivity index (χ4v) is 32.4. The summed E-state index contributed by atoms with van der Waals surface area (Å²) in [5.41, 5.74) is 6.46. The van der Waals surface area contributed by atoms with Crippen molar-refractivity contribution in [1.82, 2.24) is 0 Å². The molecule has 2 aromatic rings. The number of rotatable bonds is 4. The molecule has 3 aliphatic rings. The second-order valence-electron chi connectivity index (χ2n) is 12.4. The van der Waals surface area contributed by atoms with Gasteiger partial charge in [0.1, 0.15) is 0 Å². The van der Waals surface area contributed by atoms with Gasteiger partial charge in [-0.25, -0.2) is 0 Å². The van der Waals surface area contributed by atoms with Crippen LogP contribution in [0.4, 0.5) is 0 Å². The average molecular weight is 564 g/mol. The van der Waals surface area contributed by atoms with Crippen LogP contribution in [0.5, 0.6) is 0 Å². The Labute approximate surface area is 211 Å². The quantitative estimate of drug-likeness (QED) is 0.338. The third-order valence-corrected chi connectivity index (χ3v) is 33.2. The summed E-state index contributed by atoms with van der Waals surface area (Å²) in [6.45, 7) is 15.1. The summed E-state index contributed by atoms with van der Waals surface area (Å²) in [7, 11) is -2.69. The molecule has 0 radical (unpaired) electrons. The van der Waals surface area contributed by atoms with Crippen LogP contribution in [0.15, 0.2) is 57.9 Å². The van der Waals surface area contributed by atoms with E-state index < -0.39 is 36.5 Å². The topological polar surface area (TPSA) is 0 Å². The molecule has 0 amide bonds. The second-order valence-corrected chi connectivity index (χ2v) is 38.2. The summed E-state index contributed by atoms with van der Waals surface area (Å²) in [5, 5.41) is 3.32. The van der Waals surface area contributed by atoms with Gasteiger partial charge in [-0.05, 0) is 0 Å². The van der Waals surface area contributed by atoms with Crippen LogP contribution < -0.4 is 10.4 Å². The van der Waals surface area contributed by atoms with Crippen LogP contribution in [0, 0.1) is 0 Å². The van der Waals surface area contributed by atoms with Crippen molar-refractivity contribution in [2.45, 2.75) is 80.7 Å². The first kappa shape index (κ1) is 24.2. The van der Waals surface area contributed by atoms with Gasteiger partial charge in [-0.15, -0.1) is 0 Å². The Morgan fingerprint density at radius 2 is 1.30 bits per heavy atom. The van der Waals surface area contributed by atoms with Crippen molar-refractivity contribution < 1.29 is 20.4 Å². The third kappa shape index (κ3) is 4.67. The van der Waals surface area contributed by atoms with Crippen molar-refractivity contribution in [1.29, 1.82) is 0 Å². The number of hydrogen-bond donors (Lipinski definition) is 0. The first-order valence-electron chi connectivity index (χ1n) is 13.0. The molecule has 0 nitrogen and oxygen atoms in total. The van der Waals surface area contributed by atoms with Crippen LogP contribution in [0.3, 0.4) is 0 Å². The van der Waals surface area contributed by atoms with E-state index >= 15 is 0 Å². The van der Waals surface area contributed by atoms with Gasteiger partial charge in [0.15, 0.2) is 0 Å². The van der Waals surface area contributed by atoms with E-state index in [0.29, 0.717) is 0 Å². The number of benzene rings is 2. The molecule has 4 heteroatoms. The molecule has 33 heavy (non-hydrogen) atoms. The van der Waals surface area contributed by atoms with Crippen molar-refractivity contribution in [3.63, 3.8) is 0 Å². The molecule has 5 rings (SSSR count). The zero-order valence-electron chi connectivity index (χ0n) is 21.5. The van der Waals surface area contributed by atoms with Gasteiger partial charge < -0.3 is 0 Å². The molecule has 0 unspecified atom stereocenters. The predicted octanol–water partition coefficient (Wildman–Crippen LogP) is 7.48. The average Bonchev–Trinajstić information content (AvgIpc) is 3.40. The van der Waals surface area contributed by atoms with E-state index in [-0.39, 0.29) is 5.43 Å². The number of hydrogen-bond acceptors (Lipinski definition) is 0. The van der Waals surface area contributed by atoms with Gasteiger partial charge in [0.2, 0.25) is 0 Å². The molecular formula is C29H40Si3Zr. The molecule has 172 valence electrons. The zero-order valence-corrected chi connectivity index (χ0v) is 27.0. The third-order valence-electron chi connectivity index (χ3n) is 7.99. The van der Waals surface area contributed by atoms with Gasteiger partial charge in [0.05, 0.1) is 0 Å². The molecule has 2 aliphatic carbocycles. The maximum absolute atomic E-state index is 2.72. The van der Waals surface area contributed by atoms with E-state index in [9.17, 15) is 0 Å². The molecule has 0 spiro atoms. The van der Waals surface area contributed by atoms with Crippen molar-refractivity contribution in [2.24, 2.45) is 0 Å². The SMILES string of the molecule is C[Si](C)(C)c1ccc2c(c1)[CH]([Zr]([C]1=CC=CC1)=[Si]1CCCCC1)c1cc([Si](C)(C)C)ccc1-2. The van der Waals surface area contributed by atoms with Crippen LogP contribution in [0.2, 0.25) is 51.4 Å². The van der Waals surface area contributed by atoms with Crippen molar-refractivity contribution >= 4 is 32.0 Å². The molecule has 0 saturated carbocycles. The normalized spacial score (nSPS) is 18.4. The Balaban J connectivity index is 1.78. The Morgan fingerprint density at radius 3 is 1.76 bits per heavy atom. The van der Waals surface area contributed by atoms with E-state index in [1.54, 1.807) is 44.7 Å². The fourth-order valence-electron chi connectivity index (χ4n) is 6.02. The van der Waals surface area contributed by atoms with E-state index in [1.165, 1.54) is 25.7 Å². The molecular weight excluding hydrogens is 524 g/mol. The molecule has 1 saturated heterocycles. The van der Waals surface area contributed by atoms with E-state index in [0.717, 1.165) is 3.63 Å². The molecule has 0 N–H and O–H groups in total. The van der Waals surface area contributed by atoms with Crippen LogP contribution in [-0.4, -0.2) is 21.6 Å². The molecule has 0 bridgehead atoms.